The van der Waals surface area contributed by atoms with Gasteiger partial charge in [0.2, 0.25) is 0 Å². The Bertz CT molecular complexity index is 366. The molecule has 1 heterocycles. The minimum Gasteiger partial charge on any atom is -0.313 e. The van der Waals surface area contributed by atoms with E-state index in [1.165, 1.54) is 11.6 Å². The number of halogens is 2. The summed E-state index contributed by atoms with van der Waals surface area (Å²) in [6.45, 7) is 1.95. The summed E-state index contributed by atoms with van der Waals surface area (Å²) in [6, 6.07) is 5.10. The SMILES string of the molecule is Fc1cccc(/C=C2/CCNC2)c1Br. The van der Waals surface area contributed by atoms with Crippen molar-refractivity contribution in [3.63, 3.8) is 0 Å². The highest BCUT2D eigenvalue weighted by Gasteiger charge is 2.07. The van der Waals surface area contributed by atoms with Gasteiger partial charge in [0.25, 0.3) is 0 Å². The van der Waals surface area contributed by atoms with E-state index >= 15 is 0 Å². The van der Waals surface area contributed by atoms with Crippen LogP contribution < -0.4 is 5.32 Å². The fourth-order valence-corrected chi connectivity index (χ4v) is 1.94. The van der Waals surface area contributed by atoms with Crippen molar-refractivity contribution in [2.45, 2.75) is 6.42 Å². The predicted octanol–water partition coefficient (Wildman–Crippen LogP) is 2.96. The molecule has 0 spiro atoms. The Balaban J connectivity index is 2.32. The second-order valence-electron chi connectivity index (χ2n) is 3.37. The quantitative estimate of drug-likeness (QED) is 0.814. The van der Waals surface area contributed by atoms with Gasteiger partial charge in [0.05, 0.1) is 4.47 Å². The van der Waals surface area contributed by atoms with Crippen molar-refractivity contribution in [3.8, 4) is 0 Å². The van der Waals surface area contributed by atoms with Crippen molar-refractivity contribution in [2.75, 3.05) is 13.1 Å². The van der Waals surface area contributed by atoms with E-state index in [9.17, 15) is 4.39 Å². The summed E-state index contributed by atoms with van der Waals surface area (Å²) in [6.07, 6.45) is 3.11. The molecule has 1 aliphatic heterocycles. The average Bonchev–Trinajstić information content (AvgIpc) is 2.66. The molecule has 0 aromatic heterocycles. The molecule has 3 heteroatoms. The maximum absolute atomic E-state index is 13.2. The Labute approximate surface area is 91.1 Å². The van der Waals surface area contributed by atoms with Gasteiger partial charge in [0.15, 0.2) is 0 Å². The van der Waals surface area contributed by atoms with E-state index in [4.69, 9.17) is 0 Å². The van der Waals surface area contributed by atoms with E-state index in [1.807, 2.05) is 12.1 Å². The van der Waals surface area contributed by atoms with Crippen molar-refractivity contribution in [1.82, 2.24) is 5.32 Å². The smallest absolute Gasteiger partial charge is 0.137 e. The molecule has 1 aliphatic rings. The van der Waals surface area contributed by atoms with Crippen molar-refractivity contribution in [2.24, 2.45) is 0 Å². The van der Waals surface area contributed by atoms with E-state index in [0.717, 1.165) is 25.1 Å². The first-order valence-electron chi connectivity index (χ1n) is 4.61. The fraction of sp³-hybridized carbons (Fsp3) is 0.273. The van der Waals surface area contributed by atoms with Crippen LogP contribution in [0.15, 0.2) is 28.2 Å². The second kappa shape index (κ2) is 4.24. The van der Waals surface area contributed by atoms with Crippen LogP contribution in [0.3, 0.4) is 0 Å². The lowest BCUT2D eigenvalue weighted by Gasteiger charge is -2.01. The molecule has 0 saturated carbocycles. The van der Waals surface area contributed by atoms with Gasteiger partial charge in [-0.05, 0) is 40.5 Å². The number of hydrogen-bond acceptors (Lipinski definition) is 1. The molecule has 14 heavy (non-hydrogen) atoms. The third-order valence-corrected chi connectivity index (χ3v) is 3.15. The van der Waals surface area contributed by atoms with E-state index in [1.54, 1.807) is 6.07 Å². The first-order valence-corrected chi connectivity index (χ1v) is 5.41. The van der Waals surface area contributed by atoms with E-state index in [2.05, 4.69) is 21.2 Å². The lowest BCUT2D eigenvalue weighted by atomic mass is 10.1. The molecule has 0 radical (unpaired) electrons. The third kappa shape index (κ3) is 2.04. The molecule has 0 amide bonds. The van der Waals surface area contributed by atoms with Gasteiger partial charge in [0, 0.05) is 6.54 Å². The first-order chi connectivity index (χ1) is 6.77. The second-order valence-corrected chi connectivity index (χ2v) is 4.17. The van der Waals surface area contributed by atoms with Gasteiger partial charge >= 0.3 is 0 Å². The number of hydrogen-bond donors (Lipinski definition) is 1. The first kappa shape index (κ1) is 9.87. The van der Waals surface area contributed by atoms with Crippen LogP contribution in [0.5, 0.6) is 0 Å². The largest absolute Gasteiger partial charge is 0.313 e. The summed E-state index contributed by atoms with van der Waals surface area (Å²) in [5.41, 5.74) is 2.25. The standard InChI is InChI=1S/C11H11BrFN/c12-11-9(2-1-3-10(11)13)6-8-4-5-14-7-8/h1-3,6,14H,4-5,7H2/b8-6-. The molecule has 1 aromatic rings. The van der Waals surface area contributed by atoms with Gasteiger partial charge in [-0.3, -0.25) is 0 Å². The van der Waals surface area contributed by atoms with Crippen molar-refractivity contribution in [1.29, 1.82) is 0 Å². The molecular weight excluding hydrogens is 245 g/mol. The minimum absolute atomic E-state index is 0.203. The topological polar surface area (TPSA) is 12.0 Å². The highest BCUT2D eigenvalue weighted by Crippen LogP contribution is 2.23. The third-order valence-electron chi connectivity index (χ3n) is 2.32. The lowest BCUT2D eigenvalue weighted by Crippen LogP contribution is -2.04. The van der Waals surface area contributed by atoms with Crippen molar-refractivity contribution < 1.29 is 4.39 Å². The zero-order chi connectivity index (χ0) is 9.97. The van der Waals surface area contributed by atoms with E-state index in [0.29, 0.717) is 4.47 Å². The van der Waals surface area contributed by atoms with Crippen LogP contribution in [0.25, 0.3) is 6.08 Å². The molecule has 0 unspecified atom stereocenters. The average molecular weight is 256 g/mol. The Morgan fingerprint density at radius 2 is 2.29 bits per heavy atom. The minimum atomic E-state index is -0.203. The van der Waals surface area contributed by atoms with Crippen LogP contribution in [-0.4, -0.2) is 13.1 Å². The normalized spacial score (nSPS) is 19.1. The van der Waals surface area contributed by atoms with E-state index < -0.39 is 0 Å². The summed E-state index contributed by atoms with van der Waals surface area (Å²) >= 11 is 3.25. The molecule has 1 nitrogen and oxygen atoms in total. The summed E-state index contributed by atoms with van der Waals surface area (Å²) in [4.78, 5) is 0. The molecule has 1 aromatic carbocycles. The Morgan fingerprint density at radius 3 is 3.00 bits per heavy atom. The highest BCUT2D eigenvalue weighted by molar-refractivity contribution is 9.10. The summed E-state index contributed by atoms with van der Waals surface area (Å²) < 4.78 is 13.7. The van der Waals surface area contributed by atoms with Gasteiger partial charge in [-0.1, -0.05) is 23.8 Å². The molecular formula is C11H11BrFN. The van der Waals surface area contributed by atoms with Crippen molar-refractivity contribution in [3.05, 3.63) is 39.6 Å². The number of rotatable bonds is 1. The monoisotopic (exact) mass is 255 g/mol. The van der Waals surface area contributed by atoms with Gasteiger partial charge in [0.1, 0.15) is 5.82 Å². The molecule has 0 aliphatic carbocycles. The zero-order valence-corrected chi connectivity index (χ0v) is 9.27. The maximum atomic E-state index is 13.2. The summed E-state index contributed by atoms with van der Waals surface area (Å²) in [5, 5.41) is 3.25. The Morgan fingerprint density at radius 1 is 1.43 bits per heavy atom. The van der Waals surface area contributed by atoms with Gasteiger partial charge in [-0.15, -0.1) is 0 Å². The van der Waals surface area contributed by atoms with Crippen LogP contribution in [0.1, 0.15) is 12.0 Å². The molecule has 2 rings (SSSR count). The molecule has 1 N–H and O–H groups in total. The molecule has 74 valence electrons. The van der Waals surface area contributed by atoms with Gasteiger partial charge in [-0.2, -0.15) is 0 Å². The van der Waals surface area contributed by atoms with Crippen LogP contribution >= 0.6 is 15.9 Å². The van der Waals surface area contributed by atoms with E-state index in [-0.39, 0.29) is 5.82 Å². The maximum Gasteiger partial charge on any atom is 0.137 e. The van der Waals surface area contributed by atoms with Crippen molar-refractivity contribution >= 4 is 22.0 Å². The molecule has 1 fully saturated rings. The summed E-state index contributed by atoms with van der Waals surface area (Å²) in [5.74, 6) is -0.203. The highest BCUT2D eigenvalue weighted by atomic mass is 79.9. The Kier molecular flexibility index (Phi) is 2.99. The zero-order valence-electron chi connectivity index (χ0n) is 7.69. The summed E-state index contributed by atoms with van der Waals surface area (Å²) in [7, 11) is 0. The fourth-order valence-electron chi connectivity index (χ4n) is 1.56. The lowest BCUT2D eigenvalue weighted by molar-refractivity contribution is 0.620. The molecule has 1 saturated heterocycles. The number of benzene rings is 1. The molecule has 0 bridgehead atoms. The molecule has 0 atom stereocenters. The predicted molar refractivity (Wildman–Crippen MR) is 59.6 cm³/mol. The van der Waals surface area contributed by atoms with Crippen LogP contribution in [0.2, 0.25) is 0 Å². The van der Waals surface area contributed by atoms with Gasteiger partial charge in [-0.25, -0.2) is 4.39 Å². The van der Waals surface area contributed by atoms with Gasteiger partial charge < -0.3 is 5.32 Å². The van der Waals surface area contributed by atoms with Crippen LogP contribution in [0, 0.1) is 5.82 Å². The van der Waals surface area contributed by atoms with Crippen LogP contribution in [0.4, 0.5) is 4.39 Å². The Hall–Kier alpha value is -0.670. The van der Waals surface area contributed by atoms with Crippen LogP contribution in [-0.2, 0) is 0 Å². The number of nitrogens with one attached hydrogen (secondary N) is 1.